The van der Waals surface area contributed by atoms with Crippen molar-refractivity contribution < 1.29 is 4.79 Å². The van der Waals surface area contributed by atoms with E-state index in [9.17, 15) is 4.79 Å². The first-order chi connectivity index (χ1) is 7.39. The number of hydrogen-bond acceptors (Lipinski definition) is 1. The van der Waals surface area contributed by atoms with Crippen LogP contribution in [0.25, 0.3) is 0 Å². The van der Waals surface area contributed by atoms with E-state index in [0.29, 0.717) is 17.1 Å². The van der Waals surface area contributed by atoms with E-state index < -0.39 is 0 Å². The van der Waals surface area contributed by atoms with Gasteiger partial charge in [-0.3, -0.25) is 4.79 Å². The van der Waals surface area contributed by atoms with E-state index in [2.05, 4.69) is 27.4 Å². The number of carbonyl (C=O) groups is 1. The van der Waals surface area contributed by atoms with Crippen molar-refractivity contribution in [3.05, 3.63) is 12.2 Å². The lowest BCUT2D eigenvalue weighted by Gasteiger charge is -2.48. The van der Waals surface area contributed by atoms with Gasteiger partial charge in [-0.1, -0.05) is 32.9 Å². The predicted molar refractivity (Wildman–Crippen MR) is 65.0 cm³/mol. The van der Waals surface area contributed by atoms with Crippen molar-refractivity contribution in [3.63, 3.8) is 0 Å². The Morgan fingerprint density at radius 2 is 2.06 bits per heavy atom. The summed E-state index contributed by atoms with van der Waals surface area (Å²) in [4.78, 5) is 12.0. The van der Waals surface area contributed by atoms with Crippen molar-refractivity contribution in [2.24, 2.45) is 28.6 Å². The van der Waals surface area contributed by atoms with Crippen molar-refractivity contribution >= 4 is 5.78 Å². The van der Waals surface area contributed by atoms with Gasteiger partial charge in [0.05, 0.1) is 0 Å². The molecule has 0 amide bonds. The van der Waals surface area contributed by atoms with Crippen LogP contribution in [0.1, 0.15) is 46.5 Å². The predicted octanol–water partition coefficient (Wildman–Crippen LogP) is 3.59. The van der Waals surface area contributed by atoms with E-state index in [1.165, 1.54) is 24.8 Å². The van der Waals surface area contributed by atoms with Crippen LogP contribution in [0.5, 0.6) is 0 Å². The highest BCUT2D eigenvalue weighted by Gasteiger charge is 2.63. The van der Waals surface area contributed by atoms with Gasteiger partial charge in [0.2, 0.25) is 0 Å². The van der Waals surface area contributed by atoms with E-state index in [1.807, 2.05) is 0 Å². The molecule has 16 heavy (non-hydrogen) atoms. The van der Waals surface area contributed by atoms with Crippen molar-refractivity contribution in [2.45, 2.75) is 46.5 Å². The van der Waals surface area contributed by atoms with Gasteiger partial charge in [-0.25, -0.2) is 0 Å². The first kappa shape index (κ1) is 10.6. The number of Topliss-reactive ketones (excluding diaryl/α,β-unsaturated/α-hetero) is 1. The highest BCUT2D eigenvalue weighted by Crippen LogP contribution is 2.69. The molecule has 1 spiro atoms. The number of hydrogen-bond donors (Lipinski definition) is 0. The zero-order valence-corrected chi connectivity index (χ0v) is 10.7. The van der Waals surface area contributed by atoms with Gasteiger partial charge >= 0.3 is 0 Å². The van der Waals surface area contributed by atoms with Crippen molar-refractivity contribution in [2.75, 3.05) is 0 Å². The largest absolute Gasteiger partial charge is 0.299 e. The van der Waals surface area contributed by atoms with Gasteiger partial charge in [0.15, 0.2) is 0 Å². The second kappa shape index (κ2) is 2.80. The summed E-state index contributed by atoms with van der Waals surface area (Å²) in [6, 6.07) is 0. The van der Waals surface area contributed by atoms with Gasteiger partial charge in [-0.15, -0.1) is 0 Å². The van der Waals surface area contributed by atoms with Crippen LogP contribution < -0.4 is 0 Å². The summed E-state index contributed by atoms with van der Waals surface area (Å²) in [7, 11) is 0. The standard InChI is InChI=1S/C15H22O/c1-9-12-7-13(16)10(2)15(12)6-5-11(8-15)14(9,3)4/h10-12H,1,5-8H2,2-4H3/t10-,11-,12+,15+/m1/s1. The number of allylic oxidation sites excluding steroid dienone is 1. The molecule has 1 heteroatoms. The molecule has 0 saturated heterocycles. The lowest BCUT2D eigenvalue weighted by Crippen LogP contribution is -2.40. The fraction of sp³-hybridized carbons (Fsp3) is 0.800. The van der Waals surface area contributed by atoms with Gasteiger partial charge < -0.3 is 0 Å². The minimum absolute atomic E-state index is 0.259. The number of rotatable bonds is 0. The molecule has 0 N–H and O–H groups in total. The lowest BCUT2D eigenvalue weighted by molar-refractivity contribution is -0.121. The maximum absolute atomic E-state index is 12.0. The van der Waals surface area contributed by atoms with Crippen molar-refractivity contribution in [3.8, 4) is 0 Å². The van der Waals surface area contributed by atoms with E-state index >= 15 is 0 Å². The molecule has 3 rings (SSSR count). The maximum Gasteiger partial charge on any atom is 0.136 e. The summed E-state index contributed by atoms with van der Waals surface area (Å²) in [6.07, 6.45) is 4.62. The fourth-order valence-electron chi connectivity index (χ4n) is 4.82. The normalized spacial score (nSPS) is 49.6. The average molecular weight is 218 g/mol. The summed E-state index contributed by atoms with van der Waals surface area (Å²) in [5.41, 5.74) is 1.95. The highest BCUT2D eigenvalue weighted by molar-refractivity contribution is 5.85. The van der Waals surface area contributed by atoms with Crippen LogP contribution in [0.2, 0.25) is 0 Å². The third kappa shape index (κ3) is 0.959. The Morgan fingerprint density at radius 3 is 2.75 bits per heavy atom. The van der Waals surface area contributed by atoms with Gasteiger partial charge in [0, 0.05) is 12.3 Å². The highest BCUT2D eigenvalue weighted by atomic mass is 16.1. The Bertz CT molecular complexity index is 379. The molecule has 0 radical (unpaired) electrons. The third-order valence-electron chi connectivity index (χ3n) is 6.30. The molecule has 0 aromatic rings. The Morgan fingerprint density at radius 1 is 1.38 bits per heavy atom. The van der Waals surface area contributed by atoms with Crippen LogP contribution in [-0.2, 0) is 4.79 Å². The summed E-state index contributed by atoms with van der Waals surface area (Å²) < 4.78 is 0. The second-order valence-electron chi connectivity index (χ2n) is 6.86. The molecule has 0 aliphatic heterocycles. The van der Waals surface area contributed by atoms with Crippen LogP contribution in [-0.4, -0.2) is 5.78 Å². The van der Waals surface area contributed by atoms with Gasteiger partial charge in [0.1, 0.15) is 5.78 Å². The average Bonchev–Trinajstić information content (AvgIpc) is 2.75. The second-order valence-corrected chi connectivity index (χ2v) is 6.86. The molecule has 3 aliphatic rings. The monoisotopic (exact) mass is 218 g/mol. The third-order valence-corrected chi connectivity index (χ3v) is 6.30. The molecule has 0 aromatic heterocycles. The zero-order chi connectivity index (χ0) is 11.7. The van der Waals surface area contributed by atoms with Gasteiger partial charge in [-0.05, 0) is 41.9 Å². The Hall–Kier alpha value is -0.590. The maximum atomic E-state index is 12.0. The SMILES string of the molecule is C=C1[C@@H]2CC(=O)[C@@H](C)[C@@]23CC[C@H](C3)C1(C)C. The van der Waals surface area contributed by atoms with E-state index in [1.54, 1.807) is 0 Å². The Labute approximate surface area is 98.3 Å². The summed E-state index contributed by atoms with van der Waals surface area (Å²) in [6.45, 7) is 11.2. The molecule has 0 heterocycles. The molecule has 3 fully saturated rings. The summed E-state index contributed by atoms with van der Waals surface area (Å²) in [5, 5.41) is 0. The molecule has 88 valence electrons. The first-order valence-electron chi connectivity index (χ1n) is 6.61. The van der Waals surface area contributed by atoms with Gasteiger partial charge in [-0.2, -0.15) is 0 Å². The first-order valence-corrected chi connectivity index (χ1v) is 6.61. The van der Waals surface area contributed by atoms with Crippen molar-refractivity contribution in [1.82, 2.24) is 0 Å². The smallest absolute Gasteiger partial charge is 0.136 e. The molecule has 0 aromatic carbocycles. The molecule has 1 nitrogen and oxygen atoms in total. The van der Waals surface area contributed by atoms with Crippen LogP contribution in [0.15, 0.2) is 12.2 Å². The fourth-order valence-corrected chi connectivity index (χ4v) is 4.82. The molecular formula is C15H22O. The molecule has 3 saturated carbocycles. The van der Waals surface area contributed by atoms with E-state index in [-0.39, 0.29) is 11.3 Å². The Kier molecular flexibility index (Phi) is 1.85. The topological polar surface area (TPSA) is 17.1 Å². The minimum atomic E-state index is 0.259. The quantitative estimate of drug-likeness (QED) is 0.568. The molecule has 0 unspecified atom stereocenters. The lowest BCUT2D eigenvalue weighted by atomic mass is 9.56. The molecule has 4 atom stereocenters. The van der Waals surface area contributed by atoms with Crippen LogP contribution in [0.3, 0.4) is 0 Å². The molecule has 2 bridgehead atoms. The number of fused-ring (bicyclic) bond motifs is 1. The van der Waals surface area contributed by atoms with Crippen molar-refractivity contribution in [1.29, 1.82) is 0 Å². The van der Waals surface area contributed by atoms with E-state index in [4.69, 9.17) is 0 Å². The summed E-state index contributed by atoms with van der Waals surface area (Å²) in [5.74, 6) is 2.04. The van der Waals surface area contributed by atoms with Crippen LogP contribution in [0, 0.1) is 28.6 Å². The van der Waals surface area contributed by atoms with Crippen LogP contribution >= 0.6 is 0 Å². The van der Waals surface area contributed by atoms with Gasteiger partial charge in [0.25, 0.3) is 0 Å². The minimum Gasteiger partial charge on any atom is -0.299 e. The Balaban J connectivity index is 2.10. The molecular weight excluding hydrogens is 196 g/mol. The molecule has 3 aliphatic carbocycles. The van der Waals surface area contributed by atoms with E-state index in [0.717, 1.165) is 12.3 Å². The zero-order valence-electron chi connectivity index (χ0n) is 10.7. The number of carbonyl (C=O) groups excluding carboxylic acids is 1. The summed E-state index contributed by atoms with van der Waals surface area (Å²) >= 11 is 0. The van der Waals surface area contributed by atoms with Crippen LogP contribution in [0.4, 0.5) is 0 Å². The number of ketones is 1.